The van der Waals surface area contributed by atoms with Crippen LogP contribution in [0.5, 0.6) is 0 Å². The van der Waals surface area contributed by atoms with Gasteiger partial charge in [0.05, 0.1) is 51.7 Å². The smallest absolute Gasteiger partial charge is 0.315 e. The van der Waals surface area contributed by atoms with Crippen LogP contribution in [0, 0.1) is 0 Å². The Labute approximate surface area is 182 Å². The summed E-state index contributed by atoms with van der Waals surface area (Å²) in [5.41, 5.74) is 5.04. The predicted molar refractivity (Wildman–Crippen MR) is 115 cm³/mol. The number of unbranched alkanes of at least 4 members (excludes halogenated alkanes) is 1. The molecule has 0 spiro atoms. The molecule has 3 amide bonds. The lowest BCUT2D eigenvalue weighted by molar-refractivity contribution is -0.121. The van der Waals surface area contributed by atoms with E-state index >= 15 is 0 Å². The Balaban J connectivity index is 1.31. The minimum absolute atomic E-state index is 0.0535. The van der Waals surface area contributed by atoms with E-state index in [1.54, 1.807) is 0 Å². The van der Waals surface area contributed by atoms with Gasteiger partial charge in [0.15, 0.2) is 0 Å². The van der Waals surface area contributed by atoms with E-state index < -0.39 is 0 Å². The second kappa shape index (κ2) is 15.6. The lowest BCUT2D eigenvalue weighted by atomic mass is 10.0. The number of nitrogens with one attached hydrogen (secondary N) is 5. The lowest BCUT2D eigenvalue weighted by Crippen LogP contribution is -2.39. The second-order valence-electron chi connectivity index (χ2n) is 7.13. The lowest BCUT2D eigenvalue weighted by Gasteiger charge is -2.16. The first-order valence-corrected chi connectivity index (χ1v) is 11.6. The molecule has 0 saturated carbocycles. The van der Waals surface area contributed by atoms with Gasteiger partial charge in [0.2, 0.25) is 5.91 Å². The minimum atomic E-state index is -0.0535. The molecule has 0 radical (unpaired) electrons. The normalized spacial score (nSPS) is 22.6. The van der Waals surface area contributed by atoms with Gasteiger partial charge in [0.1, 0.15) is 0 Å². The molecular weight excluding hydrogens is 412 g/mol. The predicted octanol–water partition coefficient (Wildman–Crippen LogP) is -1.15. The number of urea groups is 1. The number of rotatable bonds is 18. The molecule has 0 aromatic rings. The van der Waals surface area contributed by atoms with Crippen molar-refractivity contribution in [3.8, 4) is 0 Å². The van der Waals surface area contributed by atoms with Crippen LogP contribution >= 0.6 is 11.8 Å². The van der Waals surface area contributed by atoms with Gasteiger partial charge in [0, 0.05) is 30.5 Å². The Morgan fingerprint density at radius 3 is 2.47 bits per heavy atom. The number of carbonyl (C=O) groups is 2. The molecule has 0 aromatic heterocycles. The van der Waals surface area contributed by atoms with Crippen molar-refractivity contribution in [1.82, 2.24) is 26.9 Å². The van der Waals surface area contributed by atoms with E-state index in [-0.39, 0.29) is 24.0 Å². The van der Waals surface area contributed by atoms with Crippen LogP contribution in [0.2, 0.25) is 0 Å². The van der Waals surface area contributed by atoms with Gasteiger partial charge >= 0.3 is 6.03 Å². The number of hydrogen-bond acceptors (Lipinski definition) is 9. The fraction of sp³-hybridized carbons (Fsp3) is 0.889. The molecule has 0 aliphatic carbocycles. The maximum absolute atomic E-state index is 11.9. The molecule has 2 saturated heterocycles. The van der Waals surface area contributed by atoms with Crippen LogP contribution in [0.3, 0.4) is 0 Å². The monoisotopic (exact) mass is 448 g/mol. The number of hydrogen-bond donors (Lipinski definition) is 6. The first-order chi connectivity index (χ1) is 14.7. The van der Waals surface area contributed by atoms with E-state index in [0.29, 0.717) is 64.4 Å². The molecule has 2 fully saturated rings. The summed E-state index contributed by atoms with van der Waals surface area (Å²) >= 11 is 1.91. The van der Waals surface area contributed by atoms with Gasteiger partial charge in [-0.2, -0.15) is 17.3 Å². The molecule has 174 valence electrons. The number of carbonyl (C=O) groups excluding carboxylic acids is 2. The van der Waals surface area contributed by atoms with Gasteiger partial charge in [-0.3, -0.25) is 10.6 Å². The Kier molecular flexibility index (Phi) is 13.1. The Bertz CT molecular complexity index is 504. The van der Waals surface area contributed by atoms with Crippen molar-refractivity contribution in [1.29, 1.82) is 0 Å². The summed E-state index contributed by atoms with van der Waals surface area (Å²) in [6.07, 6.45) is 3.40. The average Bonchev–Trinajstić information content (AvgIpc) is 3.28. The van der Waals surface area contributed by atoms with Gasteiger partial charge in [-0.1, -0.05) is 6.42 Å². The third-order valence-corrected chi connectivity index (χ3v) is 6.38. The topological polar surface area (TPSA) is 148 Å². The van der Waals surface area contributed by atoms with Gasteiger partial charge in [-0.25, -0.2) is 10.2 Å². The number of nitrogens with two attached hydrogens (primary N) is 1. The molecular formula is C18H36N6O5S. The maximum atomic E-state index is 11.9. The van der Waals surface area contributed by atoms with Crippen molar-refractivity contribution < 1.29 is 23.8 Å². The zero-order valence-corrected chi connectivity index (χ0v) is 18.3. The van der Waals surface area contributed by atoms with Crippen molar-refractivity contribution in [2.75, 3.05) is 58.5 Å². The van der Waals surface area contributed by atoms with Crippen LogP contribution in [0.25, 0.3) is 0 Å². The first-order valence-electron chi connectivity index (χ1n) is 10.6. The zero-order chi connectivity index (χ0) is 21.4. The number of thioether (sulfide) groups is 1. The van der Waals surface area contributed by atoms with E-state index in [4.69, 9.17) is 20.1 Å². The fourth-order valence-corrected chi connectivity index (χ4v) is 4.91. The number of hydrazine groups is 2. The largest absolute Gasteiger partial charge is 0.378 e. The summed E-state index contributed by atoms with van der Waals surface area (Å²) in [7, 11) is 0. The molecule has 7 N–H and O–H groups in total. The van der Waals surface area contributed by atoms with Crippen molar-refractivity contribution >= 4 is 23.7 Å². The number of amides is 3. The summed E-state index contributed by atoms with van der Waals surface area (Å²) in [6, 6.07) is 0.444. The molecule has 3 atom stereocenters. The molecule has 30 heavy (non-hydrogen) atoms. The summed E-state index contributed by atoms with van der Waals surface area (Å²) < 4.78 is 16.1. The van der Waals surface area contributed by atoms with Gasteiger partial charge in [-0.05, 0) is 12.8 Å². The van der Waals surface area contributed by atoms with Crippen LogP contribution in [0.4, 0.5) is 4.79 Å². The molecule has 0 aromatic carbocycles. The fourth-order valence-electron chi connectivity index (χ4n) is 3.36. The highest BCUT2D eigenvalue weighted by Gasteiger charge is 2.42. The van der Waals surface area contributed by atoms with Crippen LogP contribution in [-0.2, 0) is 19.0 Å². The third kappa shape index (κ3) is 10.2. The van der Waals surface area contributed by atoms with E-state index in [1.165, 1.54) is 0 Å². The highest BCUT2D eigenvalue weighted by molar-refractivity contribution is 8.00. The molecule has 2 heterocycles. The average molecular weight is 449 g/mol. The maximum Gasteiger partial charge on any atom is 0.315 e. The van der Waals surface area contributed by atoms with Crippen molar-refractivity contribution in [3.63, 3.8) is 0 Å². The molecule has 2 aliphatic rings. The summed E-state index contributed by atoms with van der Waals surface area (Å²) in [6.45, 7) is 4.18. The Morgan fingerprint density at radius 2 is 1.73 bits per heavy atom. The third-order valence-electron chi connectivity index (χ3n) is 4.87. The quantitative estimate of drug-likeness (QED) is 0.0661. The highest BCUT2D eigenvalue weighted by atomic mass is 32.2. The van der Waals surface area contributed by atoms with Crippen LogP contribution in [0.15, 0.2) is 0 Å². The molecule has 0 bridgehead atoms. The highest BCUT2D eigenvalue weighted by Crippen LogP contribution is 2.33. The molecule has 2 unspecified atom stereocenters. The summed E-state index contributed by atoms with van der Waals surface area (Å²) in [5.74, 6) is 6.08. The molecule has 2 aliphatic heterocycles. The molecule has 11 nitrogen and oxygen atoms in total. The van der Waals surface area contributed by atoms with Gasteiger partial charge in [0.25, 0.3) is 0 Å². The van der Waals surface area contributed by atoms with Crippen molar-refractivity contribution in [2.45, 2.75) is 43.0 Å². The van der Waals surface area contributed by atoms with Gasteiger partial charge < -0.3 is 30.2 Å². The summed E-state index contributed by atoms with van der Waals surface area (Å²) in [5, 5.41) is 9.26. The van der Waals surface area contributed by atoms with E-state index in [2.05, 4.69) is 26.9 Å². The summed E-state index contributed by atoms with van der Waals surface area (Å²) in [4.78, 5) is 23.2. The van der Waals surface area contributed by atoms with E-state index in [1.807, 2.05) is 11.8 Å². The molecule has 2 rings (SSSR count). The number of fused-ring (bicyclic) bond motifs is 1. The minimum Gasteiger partial charge on any atom is -0.378 e. The second-order valence-corrected chi connectivity index (χ2v) is 8.40. The first kappa shape index (κ1) is 25.1. The molecule has 12 heteroatoms. The number of ether oxygens (including phenoxy) is 3. The Morgan fingerprint density at radius 1 is 1.03 bits per heavy atom. The SMILES string of the molecule is NNNCCOCCOCCOCCNC(=O)CCCC[C@H]1SCC2NC(=O)NC21. The van der Waals surface area contributed by atoms with E-state index in [0.717, 1.165) is 25.0 Å². The van der Waals surface area contributed by atoms with Crippen molar-refractivity contribution in [3.05, 3.63) is 0 Å². The van der Waals surface area contributed by atoms with Crippen LogP contribution in [-0.4, -0.2) is 87.8 Å². The van der Waals surface area contributed by atoms with Gasteiger partial charge in [-0.15, -0.1) is 0 Å². The van der Waals surface area contributed by atoms with Crippen LogP contribution < -0.4 is 32.8 Å². The van der Waals surface area contributed by atoms with Crippen molar-refractivity contribution in [2.24, 2.45) is 5.84 Å². The standard InChI is InChI=1S/C18H36N6O5S/c19-24-21-6-8-28-10-12-29-11-9-27-7-5-20-16(25)4-2-1-3-15-17-14(13-30-15)22-18(26)23-17/h14-15,17,21,24H,1-13,19H2,(H,20,25)(H2,22,23,26)/t14?,15-,17?/m1/s1. The van der Waals surface area contributed by atoms with E-state index in [9.17, 15) is 9.59 Å². The zero-order valence-electron chi connectivity index (χ0n) is 17.5. The Hall–Kier alpha value is -1.15. The van der Waals surface area contributed by atoms with Crippen LogP contribution in [0.1, 0.15) is 25.7 Å².